The van der Waals surface area contributed by atoms with E-state index in [-0.39, 0.29) is 12.1 Å². The maximum Gasteiger partial charge on any atom is 0.0610 e. The average molecular weight is 231 g/mol. The smallest absolute Gasteiger partial charge is 0.0610 e. The van der Waals surface area contributed by atoms with Crippen LogP contribution in [0.25, 0.3) is 0 Å². The molecule has 0 bridgehead atoms. The second-order valence-electron chi connectivity index (χ2n) is 4.98. The summed E-state index contributed by atoms with van der Waals surface area (Å²) in [5.41, 5.74) is 1.07. The molecule has 1 aromatic rings. The Labute approximate surface area is 104 Å². The van der Waals surface area contributed by atoms with Crippen molar-refractivity contribution in [2.24, 2.45) is 0 Å². The van der Waals surface area contributed by atoms with Crippen molar-refractivity contribution in [1.82, 2.24) is 4.90 Å². The lowest BCUT2D eigenvalue weighted by molar-refractivity contribution is 0.122. The third kappa shape index (κ3) is 5.04. The van der Waals surface area contributed by atoms with E-state index in [4.69, 9.17) is 5.11 Å². The van der Waals surface area contributed by atoms with Crippen LogP contribution in [0.1, 0.15) is 26.3 Å². The van der Waals surface area contributed by atoms with Crippen LogP contribution in [0.5, 0.6) is 0 Å². The maximum absolute atomic E-state index is 9.03. The van der Waals surface area contributed by atoms with E-state index in [1.165, 1.54) is 0 Å². The van der Waals surface area contributed by atoms with Crippen LogP contribution in [0, 0.1) is 11.8 Å². The monoisotopic (exact) mass is 231 g/mol. The first kappa shape index (κ1) is 13.8. The standard InChI is InChI=1S/C15H21NO/c1-15(2,3)16(12-13-17)11-7-10-14-8-5-4-6-9-14/h4-6,8-9,17H,11-13H2,1-3H3. The first-order valence-electron chi connectivity index (χ1n) is 5.94. The predicted molar refractivity (Wildman–Crippen MR) is 71.7 cm³/mol. The van der Waals surface area contributed by atoms with Gasteiger partial charge in [0.25, 0.3) is 0 Å². The fourth-order valence-electron chi connectivity index (χ4n) is 1.53. The van der Waals surface area contributed by atoms with E-state index in [9.17, 15) is 0 Å². The zero-order valence-electron chi connectivity index (χ0n) is 10.9. The highest BCUT2D eigenvalue weighted by atomic mass is 16.3. The lowest BCUT2D eigenvalue weighted by Gasteiger charge is -2.33. The maximum atomic E-state index is 9.03. The molecular formula is C15H21NO. The van der Waals surface area contributed by atoms with E-state index in [0.29, 0.717) is 13.1 Å². The third-order valence-electron chi connectivity index (χ3n) is 2.60. The van der Waals surface area contributed by atoms with Crippen molar-refractivity contribution in [3.63, 3.8) is 0 Å². The van der Waals surface area contributed by atoms with E-state index < -0.39 is 0 Å². The van der Waals surface area contributed by atoms with Crippen LogP contribution < -0.4 is 0 Å². The molecule has 0 radical (unpaired) electrons. The molecule has 1 rings (SSSR count). The molecule has 92 valence electrons. The van der Waals surface area contributed by atoms with Gasteiger partial charge in [0.1, 0.15) is 0 Å². The van der Waals surface area contributed by atoms with Gasteiger partial charge in [0, 0.05) is 17.6 Å². The Morgan fingerprint density at radius 1 is 1.18 bits per heavy atom. The van der Waals surface area contributed by atoms with Crippen LogP contribution in [0.3, 0.4) is 0 Å². The van der Waals surface area contributed by atoms with Crippen LogP contribution in [0.2, 0.25) is 0 Å². The highest BCUT2D eigenvalue weighted by Crippen LogP contribution is 2.11. The van der Waals surface area contributed by atoms with Crippen LogP contribution in [-0.2, 0) is 0 Å². The number of benzene rings is 1. The van der Waals surface area contributed by atoms with Crippen molar-refractivity contribution < 1.29 is 5.11 Å². The molecule has 2 nitrogen and oxygen atoms in total. The highest BCUT2D eigenvalue weighted by Gasteiger charge is 2.19. The van der Waals surface area contributed by atoms with Gasteiger partial charge in [-0.1, -0.05) is 30.0 Å². The number of rotatable bonds is 3. The van der Waals surface area contributed by atoms with Gasteiger partial charge in [-0.3, -0.25) is 4.90 Å². The van der Waals surface area contributed by atoms with Gasteiger partial charge in [-0.05, 0) is 32.9 Å². The van der Waals surface area contributed by atoms with Gasteiger partial charge in [-0.15, -0.1) is 0 Å². The molecule has 1 aromatic carbocycles. The molecule has 0 unspecified atom stereocenters. The summed E-state index contributed by atoms with van der Waals surface area (Å²) in [5.74, 6) is 6.29. The normalized spacial score (nSPS) is 11.1. The summed E-state index contributed by atoms with van der Waals surface area (Å²) in [5, 5.41) is 9.03. The molecule has 0 saturated carbocycles. The van der Waals surface area contributed by atoms with Gasteiger partial charge < -0.3 is 5.11 Å². The van der Waals surface area contributed by atoms with E-state index in [1.54, 1.807) is 0 Å². The molecule has 0 aliphatic rings. The largest absolute Gasteiger partial charge is 0.395 e. The molecule has 0 saturated heterocycles. The molecule has 1 N–H and O–H groups in total. The number of hydrogen-bond acceptors (Lipinski definition) is 2. The molecule has 0 aromatic heterocycles. The lowest BCUT2D eigenvalue weighted by Crippen LogP contribution is -2.43. The number of β-amino-alcohol motifs (C(OH)–C–C–N with tert-alkyl or cyclic N) is 1. The van der Waals surface area contributed by atoms with Gasteiger partial charge in [0.05, 0.1) is 13.2 Å². The van der Waals surface area contributed by atoms with Crippen molar-refractivity contribution >= 4 is 0 Å². The summed E-state index contributed by atoms with van der Waals surface area (Å²) >= 11 is 0. The molecule has 2 heteroatoms. The summed E-state index contributed by atoms with van der Waals surface area (Å²) in [4.78, 5) is 2.17. The van der Waals surface area contributed by atoms with E-state index >= 15 is 0 Å². The Bertz CT molecular complexity index is 381. The van der Waals surface area contributed by atoms with Crippen molar-refractivity contribution in [1.29, 1.82) is 0 Å². The molecule has 0 aliphatic carbocycles. The molecule has 0 aliphatic heterocycles. The van der Waals surface area contributed by atoms with Crippen molar-refractivity contribution in [3.8, 4) is 11.8 Å². The number of nitrogens with zero attached hydrogens (tertiary/aromatic N) is 1. The van der Waals surface area contributed by atoms with Gasteiger partial charge in [0.2, 0.25) is 0 Å². The summed E-state index contributed by atoms with van der Waals surface area (Å²) in [6, 6.07) is 9.96. The minimum Gasteiger partial charge on any atom is -0.395 e. The molecular weight excluding hydrogens is 210 g/mol. The van der Waals surface area contributed by atoms with Crippen molar-refractivity contribution in [2.45, 2.75) is 26.3 Å². The Morgan fingerprint density at radius 2 is 1.82 bits per heavy atom. The molecule has 0 amide bonds. The Balaban J connectivity index is 2.62. The van der Waals surface area contributed by atoms with Crippen LogP contribution in [0.15, 0.2) is 30.3 Å². The van der Waals surface area contributed by atoms with Gasteiger partial charge in [-0.25, -0.2) is 0 Å². The van der Waals surface area contributed by atoms with Gasteiger partial charge >= 0.3 is 0 Å². The van der Waals surface area contributed by atoms with E-state index in [1.807, 2.05) is 30.3 Å². The summed E-state index contributed by atoms with van der Waals surface area (Å²) in [6.45, 7) is 7.91. The second-order valence-corrected chi connectivity index (χ2v) is 4.98. The van der Waals surface area contributed by atoms with Gasteiger partial charge in [0.15, 0.2) is 0 Å². The van der Waals surface area contributed by atoms with Crippen molar-refractivity contribution in [3.05, 3.63) is 35.9 Å². The SMILES string of the molecule is CC(C)(C)N(CC#Cc1ccccc1)CCO. The average Bonchev–Trinajstić information content (AvgIpc) is 2.28. The molecule has 17 heavy (non-hydrogen) atoms. The number of aliphatic hydroxyl groups is 1. The van der Waals surface area contributed by atoms with Crippen LogP contribution >= 0.6 is 0 Å². The Kier molecular flexibility index (Phi) is 5.21. The Hall–Kier alpha value is -1.30. The van der Waals surface area contributed by atoms with Gasteiger partial charge in [-0.2, -0.15) is 0 Å². The molecule has 0 spiro atoms. The molecule has 0 fully saturated rings. The van der Waals surface area contributed by atoms with E-state index in [2.05, 4.69) is 37.5 Å². The zero-order valence-corrected chi connectivity index (χ0v) is 10.9. The fraction of sp³-hybridized carbons (Fsp3) is 0.467. The third-order valence-corrected chi connectivity index (χ3v) is 2.60. The first-order valence-corrected chi connectivity index (χ1v) is 5.94. The quantitative estimate of drug-likeness (QED) is 0.806. The fourth-order valence-corrected chi connectivity index (χ4v) is 1.53. The van der Waals surface area contributed by atoms with Crippen LogP contribution in [0.4, 0.5) is 0 Å². The Morgan fingerprint density at radius 3 is 2.35 bits per heavy atom. The molecule has 0 atom stereocenters. The van der Waals surface area contributed by atoms with Crippen molar-refractivity contribution in [2.75, 3.05) is 19.7 Å². The minimum atomic E-state index is 0.0358. The number of hydrogen-bond donors (Lipinski definition) is 1. The minimum absolute atomic E-state index is 0.0358. The summed E-state index contributed by atoms with van der Waals surface area (Å²) in [7, 11) is 0. The first-order chi connectivity index (χ1) is 8.04. The second kappa shape index (κ2) is 6.44. The summed E-state index contributed by atoms with van der Waals surface area (Å²) < 4.78 is 0. The zero-order chi connectivity index (χ0) is 12.7. The predicted octanol–water partition coefficient (Wildman–Crippen LogP) is 2.13. The van der Waals surface area contributed by atoms with Crippen LogP contribution in [-0.4, -0.2) is 35.2 Å². The van der Waals surface area contributed by atoms with E-state index in [0.717, 1.165) is 5.56 Å². The highest BCUT2D eigenvalue weighted by molar-refractivity contribution is 5.33. The molecule has 0 heterocycles. The number of aliphatic hydroxyl groups excluding tert-OH is 1. The summed E-state index contributed by atoms with van der Waals surface area (Å²) in [6.07, 6.45) is 0. The topological polar surface area (TPSA) is 23.5 Å². The lowest BCUT2D eigenvalue weighted by atomic mass is 10.1.